The molecule has 0 bridgehead atoms. The van der Waals surface area contributed by atoms with Gasteiger partial charge in [-0.3, -0.25) is 9.59 Å². The smallest absolute Gasteiger partial charge is 0.304 e. The number of aliphatic hydroxyl groups is 1. The summed E-state index contributed by atoms with van der Waals surface area (Å²) in [4.78, 5) is 27.6. The first-order valence-electron chi connectivity index (χ1n) is 11.2. The molecule has 1 aliphatic heterocycles. The Hall–Kier alpha value is -2.08. The van der Waals surface area contributed by atoms with E-state index in [9.17, 15) is 19.8 Å². The van der Waals surface area contributed by atoms with E-state index in [1.807, 2.05) is 44.2 Å². The molecule has 0 aliphatic carbocycles. The van der Waals surface area contributed by atoms with Crippen LogP contribution in [0.25, 0.3) is 0 Å². The summed E-state index contributed by atoms with van der Waals surface area (Å²) in [5.41, 5.74) is 0.662. The Balaban J connectivity index is 2.28. The highest BCUT2D eigenvalue weighted by Crippen LogP contribution is 2.52. The zero-order chi connectivity index (χ0) is 24.5. The second-order valence-electron chi connectivity index (χ2n) is 9.68. The van der Waals surface area contributed by atoms with Gasteiger partial charge in [0.05, 0.1) is 30.0 Å². The number of carbonyl (C=O) groups is 2. The number of amides is 1. The van der Waals surface area contributed by atoms with Gasteiger partial charge in [0.15, 0.2) is 0 Å². The molecule has 5 nitrogen and oxygen atoms in total. The molecule has 33 heavy (non-hydrogen) atoms. The Morgan fingerprint density at radius 1 is 1.09 bits per heavy atom. The van der Waals surface area contributed by atoms with E-state index in [4.69, 9.17) is 23.2 Å². The molecule has 0 unspecified atom stereocenters. The molecule has 1 heterocycles. The van der Waals surface area contributed by atoms with Gasteiger partial charge in [0.25, 0.3) is 0 Å². The molecule has 1 saturated heterocycles. The predicted molar refractivity (Wildman–Crippen MR) is 131 cm³/mol. The predicted octanol–water partition coefficient (Wildman–Crippen LogP) is 5.94. The van der Waals surface area contributed by atoms with Crippen molar-refractivity contribution < 1.29 is 19.8 Å². The lowest BCUT2D eigenvalue weighted by molar-refractivity contribution is -0.165. The van der Waals surface area contributed by atoms with E-state index in [1.54, 1.807) is 36.9 Å². The van der Waals surface area contributed by atoms with Gasteiger partial charge >= 0.3 is 5.97 Å². The molecular formula is C26H31Cl2NO4. The minimum absolute atomic E-state index is 0.0593. The van der Waals surface area contributed by atoms with E-state index in [-0.39, 0.29) is 24.2 Å². The van der Waals surface area contributed by atoms with Crippen molar-refractivity contribution in [3.63, 3.8) is 0 Å². The zero-order valence-corrected chi connectivity index (χ0v) is 20.8. The summed E-state index contributed by atoms with van der Waals surface area (Å²) in [5.74, 6) is -1.58. The first-order chi connectivity index (χ1) is 15.4. The number of likely N-dealkylation sites (tertiary alicyclic amines) is 1. The van der Waals surface area contributed by atoms with Crippen molar-refractivity contribution in [1.29, 1.82) is 0 Å². The number of halogens is 2. The lowest BCUT2D eigenvalue weighted by Crippen LogP contribution is -2.59. The van der Waals surface area contributed by atoms with Crippen molar-refractivity contribution in [3.05, 3.63) is 69.7 Å². The number of nitrogens with zero attached hydrogens (tertiary/aromatic N) is 1. The Morgan fingerprint density at radius 2 is 1.73 bits per heavy atom. The average molecular weight is 492 g/mol. The van der Waals surface area contributed by atoms with Gasteiger partial charge in [-0.1, -0.05) is 68.2 Å². The number of benzene rings is 2. The second kappa shape index (κ2) is 10.0. The van der Waals surface area contributed by atoms with E-state index in [2.05, 4.69) is 0 Å². The molecule has 0 spiro atoms. The molecular weight excluding hydrogens is 461 g/mol. The van der Waals surface area contributed by atoms with E-state index < -0.39 is 29.6 Å². The number of aliphatic carboxylic acids is 1. The lowest BCUT2D eigenvalue weighted by Gasteiger charge is -2.53. The van der Waals surface area contributed by atoms with Crippen molar-refractivity contribution >= 4 is 35.1 Å². The van der Waals surface area contributed by atoms with Crippen LogP contribution in [0.3, 0.4) is 0 Å². The number of hydrogen-bond donors (Lipinski definition) is 2. The van der Waals surface area contributed by atoms with Gasteiger partial charge in [0, 0.05) is 16.0 Å². The minimum Gasteiger partial charge on any atom is -0.481 e. The molecule has 1 aliphatic rings. The van der Waals surface area contributed by atoms with Crippen LogP contribution in [0.15, 0.2) is 48.5 Å². The molecule has 178 valence electrons. The first kappa shape index (κ1) is 25.5. The van der Waals surface area contributed by atoms with Crippen LogP contribution < -0.4 is 0 Å². The van der Waals surface area contributed by atoms with Crippen molar-refractivity contribution in [2.45, 2.75) is 64.6 Å². The van der Waals surface area contributed by atoms with Crippen LogP contribution in [0.1, 0.15) is 63.6 Å². The van der Waals surface area contributed by atoms with Crippen LogP contribution in [0.5, 0.6) is 0 Å². The van der Waals surface area contributed by atoms with E-state index in [1.165, 1.54) is 0 Å². The Morgan fingerprint density at radius 3 is 2.24 bits per heavy atom. The molecule has 1 fully saturated rings. The molecule has 0 aromatic heterocycles. The minimum atomic E-state index is -1.14. The van der Waals surface area contributed by atoms with Crippen LogP contribution >= 0.6 is 23.2 Å². The standard InChI is InChI=1S/C26H31Cl2NO4/c1-15(2)23(16(3)30)29-24(17-8-10-19(27)11-9-17)21(18-6-5-7-20(28)12-18)13-26(4,25(29)33)14-22(31)32/h5-12,15-16,21,23-24,30H,13-14H2,1-4H3,(H,31,32)/t16-,21+,23-,24+,26-/m0/s1. The quantitative estimate of drug-likeness (QED) is 0.502. The van der Waals surface area contributed by atoms with E-state index in [0.29, 0.717) is 16.5 Å². The number of carbonyl (C=O) groups excluding carboxylic acids is 1. The Labute approximate surface area is 205 Å². The Bertz CT molecular complexity index is 1000. The highest BCUT2D eigenvalue weighted by molar-refractivity contribution is 6.30. The van der Waals surface area contributed by atoms with Crippen LogP contribution in [0, 0.1) is 11.3 Å². The van der Waals surface area contributed by atoms with Gasteiger partial charge in [0.2, 0.25) is 5.91 Å². The van der Waals surface area contributed by atoms with Crippen LogP contribution in [0.4, 0.5) is 0 Å². The number of hydrogen-bond acceptors (Lipinski definition) is 3. The van der Waals surface area contributed by atoms with Gasteiger partial charge in [-0.05, 0) is 54.7 Å². The summed E-state index contributed by atoms with van der Waals surface area (Å²) >= 11 is 12.5. The maximum atomic E-state index is 14.0. The largest absolute Gasteiger partial charge is 0.481 e. The van der Waals surface area contributed by atoms with Gasteiger partial charge < -0.3 is 15.1 Å². The fourth-order valence-electron chi connectivity index (χ4n) is 5.32. The molecule has 7 heteroatoms. The van der Waals surface area contributed by atoms with Crippen molar-refractivity contribution in [2.75, 3.05) is 0 Å². The normalized spacial score (nSPS) is 25.2. The summed E-state index contributed by atoms with van der Waals surface area (Å²) in [6.45, 7) is 7.31. The molecule has 2 aromatic carbocycles. The topological polar surface area (TPSA) is 77.8 Å². The lowest BCUT2D eigenvalue weighted by atomic mass is 9.66. The third-order valence-electron chi connectivity index (χ3n) is 6.63. The molecule has 2 N–H and O–H groups in total. The second-order valence-corrected chi connectivity index (χ2v) is 10.6. The number of carboxylic acid groups (broad SMARTS) is 1. The summed E-state index contributed by atoms with van der Waals surface area (Å²) < 4.78 is 0. The number of carboxylic acids is 1. The van der Waals surface area contributed by atoms with E-state index in [0.717, 1.165) is 11.1 Å². The number of aliphatic hydroxyl groups excluding tert-OH is 1. The van der Waals surface area contributed by atoms with Crippen molar-refractivity contribution in [2.24, 2.45) is 11.3 Å². The van der Waals surface area contributed by atoms with Crippen LogP contribution in [0.2, 0.25) is 10.0 Å². The van der Waals surface area contributed by atoms with Gasteiger partial charge in [0.1, 0.15) is 0 Å². The fraction of sp³-hybridized carbons (Fsp3) is 0.462. The summed E-state index contributed by atoms with van der Waals surface area (Å²) in [7, 11) is 0. The molecule has 5 atom stereocenters. The highest BCUT2D eigenvalue weighted by Gasteiger charge is 2.53. The highest BCUT2D eigenvalue weighted by atomic mass is 35.5. The SMILES string of the molecule is CC(C)[C@@H]([C@H](C)O)N1C(=O)[C@](C)(CC(=O)O)C[C@H](c2cccc(Cl)c2)[C@H]1c1ccc(Cl)cc1. The molecule has 2 aromatic rings. The third-order valence-corrected chi connectivity index (χ3v) is 7.12. The summed E-state index contributed by atoms with van der Waals surface area (Å²) in [6.07, 6.45) is -0.763. The van der Waals surface area contributed by atoms with Crippen LogP contribution in [-0.2, 0) is 9.59 Å². The molecule has 0 saturated carbocycles. The van der Waals surface area contributed by atoms with Crippen LogP contribution in [-0.4, -0.2) is 39.1 Å². The fourth-order valence-corrected chi connectivity index (χ4v) is 5.64. The van der Waals surface area contributed by atoms with Crippen molar-refractivity contribution in [1.82, 2.24) is 4.90 Å². The summed E-state index contributed by atoms with van der Waals surface area (Å²) in [6, 6.07) is 13.9. The van der Waals surface area contributed by atoms with E-state index >= 15 is 0 Å². The first-order valence-corrected chi connectivity index (χ1v) is 11.9. The third kappa shape index (κ3) is 5.37. The van der Waals surface area contributed by atoms with Crippen molar-refractivity contribution in [3.8, 4) is 0 Å². The van der Waals surface area contributed by atoms with Gasteiger partial charge in [-0.2, -0.15) is 0 Å². The Kier molecular flexibility index (Phi) is 7.77. The molecule has 1 amide bonds. The monoisotopic (exact) mass is 491 g/mol. The number of rotatable bonds is 7. The van der Waals surface area contributed by atoms with Gasteiger partial charge in [-0.15, -0.1) is 0 Å². The van der Waals surface area contributed by atoms with Gasteiger partial charge in [-0.25, -0.2) is 0 Å². The maximum absolute atomic E-state index is 14.0. The maximum Gasteiger partial charge on any atom is 0.304 e. The molecule has 3 rings (SSSR count). The zero-order valence-electron chi connectivity index (χ0n) is 19.3. The average Bonchev–Trinajstić information content (AvgIpc) is 2.71. The number of piperidine rings is 1. The summed E-state index contributed by atoms with van der Waals surface area (Å²) in [5, 5.41) is 21.6. The molecule has 0 radical (unpaired) electrons.